The SMILES string of the molecule is COC(=O)c1c(C=O)c2ccc(C)cc2n1Cc1ccc(F)cc1. The number of nitrogens with zero attached hydrogens (tertiary/aromatic N) is 1. The van der Waals surface area contributed by atoms with Crippen molar-refractivity contribution in [2.45, 2.75) is 13.5 Å². The molecule has 122 valence electrons. The summed E-state index contributed by atoms with van der Waals surface area (Å²) >= 11 is 0. The van der Waals surface area contributed by atoms with Gasteiger partial charge in [0.2, 0.25) is 0 Å². The fourth-order valence-corrected chi connectivity index (χ4v) is 2.86. The first-order chi connectivity index (χ1) is 11.5. The molecule has 0 atom stereocenters. The number of hydrogen-bond acceptors (Lipinski definition) is 3. The fourth-order valence-electron chi connectivity index (χ4n) is 2.86. The molecule has 0 bridgehead atoms. The molecule has 0 amide bonds. The second-order valence-electron chi connectivity index (χ2n) is 5.60. The Labute approximate surface area is 138 Å². The summed E-state index contributed by atoms with van der Waals surface area (Å²) in [6.07, 6.45) is 0.672. The summed E-state index contributed by atoms with van der Waals surface area (Å²) in [6, 6.07) is 11.7. The first-order valence-electron chi connectivity index (χ1n) is 7.46. The van der Waals surface area contributed by atoms with Gasteiger partial charge in [-0.05, 0) is 36.2 Å². The summed E-state index contributed by atoms with van der Waals surface area (Å²) in [4.78, 5) is 23.8. The van der Waals surface area contributed by atoms with Crippen LogP contribution in [0.1, 0.15) is 32.0 Å². The van der Waals surface area contributed by atoms with Crippen molar-refractivity contribution < 1.29 is 18.7 Å². The van der Waals surface area contributed by atoms with Gasteiger partial charge in [-0.25, -0.2) is 9.18 Å². The third-order valence-corrected chi connectivity index (χ3v) is 4.01. The molecule has 3 rings (SSSR count). The van der Waals surface area contributed by atoms with Crippen LogP contribution in [0, 0.1) is 12.7 Å². The number of hydrogen-bond donors (Lipinski definition) is 0. The van der Waals surface area contributed by atoms with Crippen molar-refractivity contribution in [2.24, 2.45) is 0 Å². The van der Waals surface area contributed by atoms with E-state index >= 15 is 0 Å². The van der Waals surface area contributed by atoms with Gasteiger partial charge in [-0.3, -0.25) is 4.79 Å². The molecule has 0 saturated heterocycles. The Morgan fingerprint density at radius 2 is 1.92 bits per heavy atom. The van der Waals surface area contributed by atoms with Crippen molar-refractivity contribution in [3.8, 4) is 0 Å². The number of esters is 1. The highest BCUT2D eigenvalue weighted by Crippen LogP contribution is 2.28. The number of rotatable bonds is 4. The molecule has 5 heteroatoms. The van der Waals surface area contributed by atoms with Crippen LogP contribution >= 0.6 is 0 Å². The molecule has 1 aromatic heterocycles. The number of aromatic nitrogens is 1. The van der Waals surface area contributed by atoms with Gasteiger partial charge in [0.25, 0.3) is 0 Å². The Morgan fingerprint density at radius 1 is 1.21 bits per heavy atom. The maximum absolute atomic E-state index is 13.1. The normalized spacial score (nSPS) is 10.8. The number of ether oxygens (including phenoxy) is 1. The van der Waals surface area contributed by atoms with Crippen LogP contribution in [0.2, 0.25) is 0 Å². The zero-order valence-electron chi connectivity index (χ0n) is 13.4. The van der Waals surface area contributed by atoms with Crippen molar-refractivity contribution in [2.75, 3.05) is 7.11 Å². The van der Waals surface area contributed by atoms with Gasteiger partial charge in [0.1, 0.15) is 11.5 Å². The quantitative estimate of drug-likeness (QED) is 0.542. The van der Waals surface area contributed by atoms with Gasteiger partial charge in [0, 0.05) is 17.4 Å². The third-order valence-electron chi connectivity index (χ3n) is 4.01. The molecule has 3 aromatic rings. The summed E-state index contributed by atoms with van der Waals surface area (Å²) in [5, 5.41) is 0.693. The Morgan fingerprint density at radius 3 is 2.54 bits per heavy atom. The molecular weight excluding hydrogens is 309 g/mol. The number of methoxy groups -OCH3 is 1. The maximum atomic E-state index is 13.1. The van der Waals surface area contributed by atoms with E-state index in [0.29, 0.717) is 23.8 Å². The van der Waals surface area contributed by atoms with E-state index in [4.69, 9.17) is 4.74 Å². The zero-order chi connectivity index (χ0) is 17.3. The molecule has 0 radical (unpaired) electrons. The lowest BCUT2D eigenvalue weighted by molar-refractivity contribution is 0.0587. The lowest BCUT2D eigenvalue weighted by atomic mass is 10.1. The van der Waals surface area contributed by atoms with E-state index in [1.165, 1.54) is 19.2 Å². The molecular formula is C19H16FNO3. The Hall–Kier alpha value is -2.95. The molecule has 0 aliphatic heterocycles. The maximum Gasteiger partial charge on any atom is 0.355 e. The first-order valence-corrected chi connectivity index (χ1v) is 7.46. The number of halogens is 1. The molecule has 0 aliphatic rings. The van der Waals surface area contributed by atoms with Gasteiger partial charge in [0.05, 0.1) is 12.7 Å². The predicted octanol–water partition coefficient (Wildman–Crippen LogP) is 3.74. The summed E-state index contributed by atoms with van der Waals surface area (Å²) in [5.41, 5.74) is 3.10. The number of carbonyl (C=O) groups excluding carboxylic acids is 2. The number of aldehydes is 1. The van der Waals surface area contributed by atoms with Crippen LogP contribution in [-0.4, -0.2) is 23.9 Å². The Kier molecular flexibility index (Phi) is 4.16. The average molecular weight is 325 g/mol. The van der Waals surface area contributed by atoms with E-state index in [-0.39, 0.29) is 11.5 Å². The minimum atomic E-state index is -0.576. The molecule has 0 saturated carbocycles. The van der Waals surface area contributed by atoms with E-state index in [1.54, 1.807) is 16.7 Å². The second-order valence-corrected chi connectivity index (χ2v) is 5.60. The van der Waals surface area contributed by atoms with Crippen molar-refractivity contribution in [3.05, 3.63) is 70.7 Å². The summed E-state index contributed by atoms with van der Waals surface area (Å²) < 4.78 is 19.7. The summed E-state index contributed by atoms with van der Waals surface area (Å²) in [7, 11) is 1.28. The molecule has 0 fully saturated rings. The van der Waals surface area contributed by atoms with Gasteiger partial charge >= 0.3 is 5.97 Å². The van der Waals surface area contributed by atoms with Gasteiger partial charge in [-0.15, -0.1) is 0 Å². The first kappa shape index (κ1) is 15.9. The largest absolute Gasteiger partial charge is 0.464 e. The van der Waals surface area contributed by atoms with Crippen LogP contribution in [0.3, 0.4) is 0 Å². The topological polar surface area (TPSA) is 48.3 Å². The molecule has 0 aliphatic carbocycles. The second kappa shape index (κ2) is 6.28. The van der Waals surface area contributed by atoms with Crippen LogP contribution in [0.4, 0.5) is 4.39 Å². The standard InChI is InChI=1S/C19H16FNO3/c1-12-3-8-15-16(11-22)18(19(23)24-2)21(17(15)9-12)10-13-4-6-14(20)7-5-13/h3-9,11H,10H2,1-2H3. The van der Waals surface area contributed by atoms with Crippen molar-refractivity contribution in [3.63, 3.8) is 0 Å². The van der Waals surface area contributed by atoms with Crippen molar-refractivity contribution >= 4 is 23.2 Å². The summed E-state index contributed by atoms with van der Waals surface area (Å²) in [6.45, 7) is 2.27. The number of aryl methyl sites for hydroxylation is 1. The lowest BCUT2D eigenvalue weighted by Gasteiger charge is -2.10. The average Bonchev–Trinajstić information content (AvgIpc) is 2.89. The highest BCUT2D eigenvalue weighted by molar-refractivity contribution is 6.08. The molecule has 0 N–H and O–H groups in total. The third kappa shape index (κ3) is 2.69. The molecule has 0 unspecified atom stereocenters. The summed E-state index contributed by atoms with van der Waals surface area (Å²) in [5.74, 6) is -0.901. The highest BCUT2D eigenvalue weighted by Gasteiger charge is 2.23. The molecule has 24 heavy (non-hydrogen) atoms. The molecule has 2 aromatic carbocycles. The highest BCUT2D eigenvalue weighted by atomic mass is 19.1. The van der Waals surface area contributed by atoms with E-state index < -0.39 is 5.97 Å². The minimum Gasteiger partial charge on any atom is -0.464 e. The van der Waals surface area contributed by atoms with E-state index in [9.17, 15) is 14.0 Å². The van der Waals surface area contributed by atoms with E-state index in [1.807, 2.05) is 25.1 Å². The number of carbonyl (C=O) groups is 2. The van der Waals surface area contributed by atoms with Gasteiger partial charge in [-0.2, -0.15) is 0 Å². The number of benzene rings is 2. The molecule has 1 heterocycles. The lowest BCUT2D eigenvalue weighted by Crippen LogP contribution is -2.13. The smallest absolute Gasteiger partial charge is 0.355 e. The van der Waals surface area contributed by atoms with Gasteiger partial charge in [-0.1, -0.05) is 24.3 Å². The molecule has 0 spiro atoms. The van der Waals surface area contributed by atoms with E-state index in [0.717, 1.165) is 16.6 Å². The predicted molar refractivity (Wildman–Crippen MR) is 88.9 cm³/mol. The van der Waals surface area contributed by atoms with Crippen LogP contribution < -0.4 is 0 Å². The van der Waals surface area contributed by atoms with Crippen LogP contribution in [0.25, 0.3) is 10.9 Å². The Bertz CT molecular complexity index is 926. The minimum absolute atomic E-state index is 0.206. The van der Waals surface area contributed by atoms with Crippen LogP contribution in [0.5, 0.6) is 0 Å². The van der Waals surface area contributed by atoms with Gasteiger partial charge < -0.3 is 9.30 Å². The van der Waals surface area contributed by atoms with Crippen molar-refractivity contribution in [1.82, 2.24) is 4.57 Å². The van der Waals surface area contributed by atoms with E-state index in [2.05, 4.69) is 0 Å². The van der Waals surface area contributed by atoms with Crippen LogP contribution in [-0.2, 0) is 11.3 Å². The van der Waals surface area contributed by atoms with Crippen molar-refractivity contribution in [1.29, 1.82) is 0 Å². The van der Waals surface area contributed by atoms with Crippen LogP contribution in [0.15, 0.2) is 42.5 Å². The monoisotopic (exact) mass is 325 g/mol. The zero-order valence-corrected chi connectivity index (χ0v) is 13.4. The Balaban J connectivity index is 2.26. The number of fused-ring (bicyclic) bond motifs is 1. The molecule has 4 nitrogen and oxygen atoms in total. The fraction of sp³-hybridized carbons (Fsp3) is 0.158. The van der Waals surface area contributed by atoms with Gasteiger partial charge in [0.15, 0.2) is 6.29 Å².